The molecular weight excluding hydrogens is 288 g/mol. The van der Waals surface area contributed by atoms with E-state index in [1.54, 1.807) is 18.6 Å². The van der Waals surface area contributed by atoms with Crippen molar-refractivity contribution in [2.75, 3.05) is 11.9 Å². The van der Waals surface area contributed by atoms with Gasteiger partial charge < -0.3 is 10.3 Å². The monoisotopic (exact) mass is 304 g/mol. The molecule has 1 aliphatic carbocycles. The standard InChI is InChI=1S/C18H16N4O/c23-18-16-14-11-19-8-6-13(14)17(22-15(16)7-9-20-18)21-10-12-4-2-1-3-5-12/h2,4-9,11H,1,3,10H2,(H,20,23)(H,21,22). The lowest BCUT2D eigenvalue weighted by molar-refractivity contribution is 1.00. The third-order valence-electron chi connectivity index (χ3n) is 4.05. The van der Waals surface area contributed by atoms with Crippen LogP contribution < -0.4 is 10.9 Å². The number of hydrogen-bond acceptors (Lipinski definition) is 4. The summed E-state index contributed by atoms with van der Waals surface area (Å²) >= 11 is 0. The molecule has 0 unspecified atom stereocenters. The molecule has 2 N–H and O–H groups in total. The lowest BCUT2D eigenvalue weighted by Gasteiger charge is -2.12. The maximum absolute atomic E-state index is 12.1. The fraction of sp³-hybridized carbons (Fsp3) is 0.167. The number of allylic oxidation sites excluding steroid dienone is 2. The molecule has 0 atom stereocenters. The van der Waals surface area contributed by atoms with Gasteiger partial charge in [-0.3, -0.25) is 9.78 Å². The van der Waals surface area contributed by atoms with Crippen LogP contribution in [0.5, 0.6) is 0 Å². The van der Waals surface area contributed by atoms with Crippen molar-refractivity contribution in [3.63, 3.8) is 0 Å². The molecule has 0 aromatic carbocycles. The molecule has 0 spiro atoms. The maximum Gasteiger partial charge on any atom is 0.258 e. The Balaban J connectivity index is 1.83. The van der Waals surface area contributed by atoms with Gasteiger partial charge in [-0.1, -0.05) is 18.2 Å². The average molecular weight is 304 g/mol. The van der Waals surface area contributed by atoms with Crippen molar-refractivity contribution in [3.05, 3.63) is 64.9 Å². The van der Waals surface area contributed by atoms with Gasteiger partial charge in [0.25, 0.3) is 5.56 Å². The first kappa shape index (κ1) is 13.7. The zero-order valence-electron chi connectivity index (χ0n) is 12.5. The Morgan fingerprint density at radius 3 is 3.04 bits per heavy atom. The van der Waals surface area contributed by atoms with E-state index in [0.717, 1.165) is 36.0 Å². The molecule has 4 rings (SSSR count). The SMILES string of the molecule is O=c1[nH]ccc2nc(NCC3=CCCC=C3)c3ccncc3c12. The highest BCUT2D eigenvalue weighted by atomic mass is 16.1. The number of rotatable bonds is 3. The summed E-state index contributed by atoms with van der Waals surface area (Å²) in [6, 6.07) is 3.70. The number of anilines is 1. The molecule has 1 aliphatic rings. The molecule has 0 aliphatic heterocycles. The minimum Gasteiger partial charge on any atom is -0.365 e. The Hall–Kier alpha value is -2.95. The Morgan fingerprint density at radius 1 is 1.22 bits per heavy atom. The quantitative estimate of drug-likeness (QED) is 0.729. The number of nitrogens with zero attached hydrogens (tertiary/aromatic N) is 2. The van der Waals surface area contributed by atoms with Crippen LogP contribution in [-0.4, -0.2) is 21.5 Å². The van der Waals surface area contributed by atoms with Gasteiger partial charge in [-0.05, 0) is 30.5 Å². The summed E-state index contributed by atoms with van der Waals surface area (Å²) in [4.78, 5) is 23.7. The molecular formula is C18H16N4O. The molecule has 3 aromatic heterocycles. The summed E-state index contributed by atoms with van der Waals surface area (Å²) in [5, 5.41) is 5.70. The van der Waals surface area contributed by atoms with Crippen LogP contribution in [0, 0.1) is 0 Å². The van der Waals surface area contributed by atoms with E-state index in [-0.39, 0.29) is 5.56 Å². The fourth-order valence-corrected chi connectivity index (χ4v) is 2.92. The van der Waals surface area contributed by atoms with E-state index in [1.807, 2.05) is 12.1 Å². The molecule has 3 heterocycles. The van der Waals surface area contributed by atoms with Crippen molar-refractivity contribution in [1.82, 2.24) is 15.0 Å². The van der Waals surface area contributed by atoms with Gasteiger partial charge in [0.05, 0.1) is 10.9 Å². The van der Waals surface area contributed by atoms with E-state index in [0.29, 0.717) is 10.9 Å². The zero-order valence-corrected chi connectivity index (χ0v) is 12.5. The van der Waals surface area contributed by atoms with Gasteiger partial charge in [0.2, 0.25) is 0 Å². The van der Waals surface area contributed by atoms with E-state index in [9.17, 15) is 4.79 Å². The van der Waals surface area contributed by atoms with Gasteiger partial charge in [0.15, 0.2) is 0 Å². The predicted molar refractivity (Wildman–Crippen MR) is 92.6 cm³/mol. The van der Waals surface area contributed by atoms with Crippen LogP contribution in [0.3, 0.4) is 0 Å². The third-order valence-corrected chi connectivity index (χ3v) is 4.05. The summed E-state index contributed by atoms with van der Waals surface area (Å²) in [5.41, 5.74) is 1.79. The number of hydrogen-bond donors (Lipinski definition) is 2. The van der Waals surface area contributed by atoms with Crippen molar-refractivity contribution in [3.8, 4) is 0 Å². The molecule has 3 aromatic rings. The predicted octanol–water partition coefficient (Wildman–Crippen LogP) is 3.16. The van der Waals surface area contributed by atoms with Crippen LogP contribution in [-0.2, 0) is 0 Å². The zero-order chi connectivity index (χ0) is 15.6. The highest BCUT2D eigenvalue weighted by Crippen LogP contribution is 2.26. The first-order chi connectivity index (χ1) is 11.3. The Morgan fingerprint density at radius 2 is 2.17 bits per heavy atom. The molecule has 114 valence electrons. The molecule has 0 saturated carbocycles. The molecule has 23 heavy (non-hydrogen) atoms. The van der Waals surface area contributed by atoms with Gasteiger partial charge in [-0.25, -0.2) is 4.98 Å². The highest BCUT2D eigenvalue weighted by molar-refractivity contribution is 6.09. The van der Waals surface area contributed by atoms with Crippen LogP contribution in [0.2, 0.25) is 0 Å². The van der Waals surface area contributed by atoms with E-state index in [1.165, 1.54) is 5.57 Å². The van der Waals surface area contributed by atoms with Crippen LogP contribution >= 0.6 is 0 Å². The Bertz CT molecular complexity index is 1000. The minimum atomic E-state index is -0.141. The largest absolute Gasteiger partial charge is 0.365 e. The van der Waals surface area contributed by atoms with Gasteiger partial charge in [0, 0.05) is 35.9 Å². The lowest BCUT2D eigenvalue weighted by atomic mass is 10.1. The fourth-order valence-electron chi connectivity index (χ4n) is 2.92. The summed E-state index contributed by atoms with van der Waals surface area (Å²) in [6.45, 7) is 0.718. The molecule has 0 saturated heterocycles. The molecule has 0 radical (unpaired) electrons. The Kier molecular flexibility index (Phi) is 3.38. The van der Waals surface area contributed by atoms with Crippen molar-refractivity contribution in [2.24, 2.45) is 0 Å². The van der Waals surface area contributed by atoms with Gasteiger partial charge in [0.1, 0.15) is 5.82 Å². The van der Waals surface area contributed by atoms with E-state index in [4.69, 9.17) is 0 Å². The minimum absolute atomic E-state index is 0.141. The van der Waals surface area contributed by atoms with E-state index < -0.39 is 0 Å². The van der Waals surface area contributed by atoms with Crippen LogP contribution in [0.1, 0.15) is 12.8 Å². The molecule has 0 bridgehead atoms. The molecule has 0 fully saturated rings. The number of aromatic amines is 1. The number of aromatic nitrogens is 3. The van der Waals surface area contributed by atoms with Crippen LogP contribution in [0.25, 0.3) is 21.7 Å². The number of pyridine rings is 3. The normalized spacial score (nSPS) is 14.2. The summed E-state index contributed by atoms with van der Waals surface area (Å²) in [6.07, 6.45) is 13.8. The van der Waals surface area contributed by atoms with Crippen molar-refractivity contribution >= 4 is 27.5 Å². The first-order valence-electron chi connectivity index (χ1n) is 7.67. The highest BCUT2D eigenvalue weighted by Gasteiger charge is 2.11. The lowest BCUT2D eigenvalue weighted by Crippen LogP contribution is -2.10. The molecule has 5 nitrogen and oxygen atoms in total. The topological polar surface area (TPSA) is 70.7 Å². The number of H-pyrrole nitrogens is 1. The van der Waals surface area contributed by atoms with Crippen LogP contribution in [0.4, 0.5) is 5.82 Å². The third kappa shape index (κ3) is 2.50. The first-order valence-corrected chi connectivity index (χ1v) is 7.67. The van der Waals surface area contributed by atoms with Crippen molar-refractivity contribution < 1.29 is 0 Å². The maximum atomic E-state index is 12.1. The van der Waals surface area contributed by atoms with Gasteiger partial charge in [-0.15, -0.1) is 0 Å². The number of fused-ring (bicyclic) bond motifs is 3. The number of nitrogens with one attached hydrogen (secondary N) is 2. The van der Waals surface area contributed by atoms with E-state index in [2.05, 4.69) is 38.5 Å². The van der Waals surface area contributed by atoms with E-state index >= 15 is 0 Å². The average Bonchev–Trinajstić information content (AvgIpc) is 2.60. The Labute approximate surface area is 132 Å². The van der Waals surface area contributed by atoms with Gasteiger partial charge in [-0.2, -0.15) is 0 Å². The molecule has 0 amide bonds. The summed E-state index contributed by atoms with van der Waals surface area (Å²) in [5.74, 6) is 0.778. The second kappa shape index (κ2) is 5.68. The molecule has 5 heteroatoms. The second-order valence-electron chi connectivity index (χ2n) is 5.56. The van der Waals surface area contributed by atoms with Crippen molar-refractivity contribution in [1.29, 1.82) is 0 Å². The summed E-state index contributed by atoms with van der Waals surface area (Å²) < 4.78 is 0. The summed E-state index contributed by atoms with van der Waals surface area (Å²) in [7, 11) is 0. The smallest absolute Gasteiger partial charge is 0.258 e. The van der Waals surface area contributed by atoms with Gasteiger partial charge >= 0.3 is 0 Å². The van der Waals surface area contributed by atoms with Crippen LogP contribution in [0.15, 0.2) is 59.3 Å². The van der Waals surface area contributed by atoms with Crippen molar-refractivity contribution in [2.45, 2.75) is 12.8 Å². The second-order valence-corrected chi connectivity index (χ2v) is 5.56.